The van der Waals surface area contributed by atoms with E-state index in [1.54, 1.807) is 24.8 Å². The van der Waals surface area contributed by atoms with E-state index in [1.807, 2.05) is 0 Å². The van der Waals surface area contributed by atoms with E-state index in [2.05, 4.69) is 39.9 Å². The summed E-state index contributed by atoms with van der Waals surface area (Å²) >= 11 is 0. The largest absolute Gasteiger partial charge is 0.262 e. The molecule has 0 radical (unpaired) electrons. The molecule has 8 nitrogen and oxygen atoms in total. The Labute approximate surface area is 90.3 Å². The minimum Gasteiger partial charge on any atom is -0.262 e. The number of aromatic nitrogens is 6. The van der Waals surface area contributed by atoms with Crippen molar-refractivity contribution in [3.63, 3.8) is 0 Å². The molecule has 0 amide bonds. The molecule has 0 spiro atoms. The van der Waals surface area contributed by atoms with Crippen LogP contribution in [0, 0.1) is 0 Å². The van der Waals surface area contributed by atoms with Gasteiger partial charge in [-0.3, -0.25) is 9.97 Å². The lowest BCUT2D eigenvalue weighted by Crippen LogP contribution is -1.66. The molecule has 0 fully saturated rings. The van der Waals surface area contributed by atoms with Crippen molar-refractivity contribution in [2.45, 2.75) is 0 Å². The Morgan fingerprint density at radius 1 is 0.438 bits per heavy atom. The third-order valence-corrected chi connectivity index (χ3v) is 1.04. The van der Waals surface area contributed by atoms with Gasteiger partial charge in [0.2, 0.25) is 0 Å². The topological polar surface area (TPSA) is 104 Å². The van der Waals surface area contributed by atoms with Crippen molar-refractivity contribution in [1.29, 1.82) is 0 Å². The molecule has 0 N–H and O–H groups in total. The van der Waals surface area contributed by atoms with Gasteiger partial charge >= 0.3 is 0 Å². The minimum atomic E-state index is 1.47. The molecule has 0 unspecified atom stereocenters. The van der Waals surface area contributed by atoms with Crippen LogP contribution < -0.4 is 0 Å². The quantitative estimate of drug-likeness (QED) is 0.542. The van der Waals surface area contributed by atoms with Gasteiger partial charge in [0.1, 0.15) is 0 Å². The summed E-state index contributed by atoms with van der Waals surface area (Å²) in [6.07, 6.45) is 12.4. The summed E-state index contributed by atoms with van der Waals surface area (Å²) in [5, 5.41) is 12.9. The summed E-state index contributed by atoms with van der Waals surface area (Å²) < 4.78 is 8.17. The number of nitrogens with zero attached hydrogens (tertiary/aromatic N) is 6. The Morgan fingerprint density at radius 2 is 0.750 bits per heavy atom. The fraction of sp³-hybridized carbons (Fsp3) is 0. The molecule has 16 heavy (non-hydrogen) atoms. The highest BCUT2D eigenvalue weighted by molar-refractivity contribution is 4.70. The zero-order chi connectivity index (χ0) is 11.3. The normalized spacial score (nSPS) is 8.00. The van der Waals surface area contributed by atoms with Crippen LogP contribution in [0.3, 0.4) is 0 Å². The van der Waals surface area contributed by atoms with E-state index in [4.69, 9.17) is 0 Å². The highest BCUT2D eigenvalue weighted by Gasteiger charge is 1.62. The maximum Gasteiger partial charge on any atom is 0.0913 e. The molecule has 82 valence electrons. The van der Waals surface area contributed by atoms with E-state index in [9.17, 15) is 0 Å². The number of hydrogen-bond acceptors (Lipinski definition) is 8. The lowest BCUT2D eigenvalue weighted by molar-refractivity contribution is 0.307. The lowest BCUT2D eigenvalue weighted by Gasteiger charge is -1.70. The van der Waals surface area contributed by atoms with Crippen LogP contribution in [0.1, 0.15) is 0 Å². The van der Waals surface area contributed by atoms with Gasteiger partial charge in [-0.2, -0.15) is 0 Å². The standard InChI is InChI=1S/C4H4N2.2C2H2N2O/c1-2-6-4-3-5-1;2*1-2-4-5-3-1/h1-4H;2*1-2H. The third-order valence-electron chi connectivity index (χ3n) is 1.04. The Bertz CT molecular complexity index is 314. The van der Waals surface area contributed by atoms with Gasteiger partial charge in [-0.25, -0.2) is 9.26 Å². The van der Waals surface area contributed by atoms with Gasteiger partial charge in [0, 0.05) is 24.8 Å². The van der Waals surface area contributed by atoms with Gasteiger partial charge in [0.15, 0.2) is 0 Å². The first-order chi connectivity index (χ1) is 8.00. The molecule has 0 saturated carbocycles. The van der Waals surface area contributed by atoms with Crippen molar-refractivity contribution < 1.29 is 9.26 Å². The van der Waals surface area contributed by atoms with Crippen LogP contribution in [0.5, 0.6) is 0 Å². The Balaban J connectivity index is 0.000000121. The van der Waals surface area contributed by atoms with E-state index >= 15 is 0 Å². The molecule has 0 aromatic carbocycles. The molecule has 0 aliphatic heterocycles. The number of rotatable bonds is 0. The molecular weight excluding hydrogens is 212 g/mol. The van der Waals surface area contributed by atoms with Crippen LogP contribution in [0.4, 0.5) is 0 Å². The first kappa shape index (κ1) is 11.4. The summed E-state index contributed by atoms with van der Waals surface area (Å²) in [5.74, 6) is 0. The first-order valence-corrected chi connectivity index (χ1v) is 4.13. The fourth-order valence-electron chi connectivity index (χ4n) is 0.526. The predicted octanol–water partition coefficient (Wildman–Crippen LogP) is 0.616. The second-order valence-corrected chi connectivity index (χ2v) is 2.08. The van der Waals surface area contributed by atoms with E-state index in [-0.39, 0.29) is 0 Å². The second kappa shape index (κ2) is 8.94. The van der Waals surface area contributed by atoms with Crippen LogP contribution >= 0.6 is 0 Å². The summed E-state index contributed by atoms with van der Waals surface area (Å²) in [7, 11) is 0. The van der Waals surface area contributed by atoms with Gasteiger partial charge in [-0.1, -0.05) is 20.6 Å². The van der Waals surface area contributed by atoms with Crippen molar-refractivity contribution in [2.24, 2.45) is 0 Å². The molecule has 3 heterocycles. The zero-order valence-electron chi connectivity index (χ0n) is 8.12. The van der Waals surface area contributed by atoms with Crippen LogP contribution in [-0.2, 0) is 0 Å². The van der Waals surface area contributed by atoms with Gasteiger partial charge in [-0.05, 0) is 0 Å². The Morgan fingerprint density at radius 3 is 0.875 bits per heavy atom. The molecule has 0 bridgehead atoms. The van der Waals surface area contributed by atoms with Crippen LogP contribution in [0.15, 0.2) is 58.8 Å². The average molecular weight is 220 g/mol. The highest BCUT2D eigenvalue weighted by atomic mass is 16.6. The summed E-state index contributed by atoms with van der Waals surface area (Å²) in [6, 6.07) is 0. The Kier molecular flexibility index (Phi) is 6.39. The molecular formula is C8H8N6O2. The molecule has 3 aromatic heterocycles. The van der Waals surface area contributed by atoms with Crippen molar-refractivity contribution in [2.75, 3.05) is 0 Å². The average Bonchev–Trinajstić information content (AvgIpc) is 3.10. The molecule has 0 aliphatic rings. The van der Waals surface area contributed by atoms with Gasteiger partial charge in [0.25, 0.3) is 0 Å². The van der Waals surface area contributed by atoms with Crippen molar-refractivity contribution in [3.8, 4) is 0 Å². The minimum absolute atomic E-state index is 1.47. The summed E-state index contributed by atoms with van der Waals surface area (Å²) in [5.41, 5.74) is 0. The van der Waals surface area contributed by atoms with Gasteiger partial charge < -0.3 is 0 Å². The van der Waals surface area contributed by atoms with Crippen molar-refractivity contribution >= 4 is 0 Å². The van der Waals surface area contributed by atoms with Gasteiger partial charge in [-0.15, -0.1) is 0 Å². The van der Waals surface area contributed by atoms with Crippen LogP contribution in [0.25, 0.3) is 0 Å². The molecule has 8 heteroatoms. The Hall–Kier alpha value is -2.64. The zero-order valence-corrected chi connectivity index (χ0v) is 8.12. The van der Waals surface area contributed by atoms with Gasteiger partial charge in [0.05, 0.1) is 24.8 Å². The second-order valence-electron chi connectivity index (χ2n) is 2.08. The first-order valence-electron chi connectivity index (χ1n) is 4.13. The highest BCUT2D eigenvalue weighted by Crippen LogP contribution is 1.66. The monoisotopic (exact) mass is 220 g/mol. The SMILES string of the molecule is c1cnccn1.c1cnon1.c1cnon1. The van der Waals surface area contributed by atoms with E-state index in [0.717, 1.165) is 0 Å². The smallest absolute Gasteiger partial charge is 0.0913 e. The number of hydrogen-bond donors (Lipinski definition) is 0. The maximum atomic E-state index is 4.08. The maximum absolute atomic E-state index is 4.08. The van der Waals surface area contributed by atoms with Crippen molar-refractivity contribution in [1.82, 2.24) is 30.6 Å². The molecule has 0 saturated heterocycles. The van der Waals surface area contributed by atoms with E-state index < -0.39 is 0 Å². The lowest BCUT2D eigenvalue weighted by atomic mass is 10.8. The molecule has 0 atom stereocenters. The molecule has 3 rings (SSSR count). The van der Waals surface area contributed by atoms with Crippen LogP contribution in [0.2, 0.25) is 0 Å². The molecule has 0 aliphatic carbocycles. The third kappa shape index (κ3) is 6.83. The van der Waals surface area contributed by atoms with Crippen LogP contribution in [-0.4, -0.2) is 30.6 Å². The van der Waals surface area contributed by atoms with Crippen molar-refractivity contribution in [3.05, 3.63) is 49.6 Å². The van der Waals surface area contributed by atoms with E-state index in [1.165, 1.54) is 24.8 Å². The predicted molar refractivity (Wildman–Crippen MR) is 50.6 cm³/mol. The molecule has 3 aromatic rings. The van der Waals surface area contributed by atoms with E-state index in [0.29, 0.717) is 0 Å². The summed E-state index contributed by atoms with van der Waals surface area (Å²) in [6.45, 7) is 0. The fourth-order valence-corrected chi connectivity index (χ4v) is 0.526. The summed E-state index contributed by atoms with van der Waals surface area (Å²) in [4.78, 5) is 7.44.